The molecule has 0 heterocycles. The first-order valence-electron chi connectivity index (χ1n) is 8.88. The molecule has 0 nitrogen and oxygen atoms in total. The SMILES string of the molecule is C.Cl.Cl.[Cl][Pd][Cl].c1ccc(Pc2ccccc2)cc1.c1ccc(Pc2ccccc2)cc1. The number of hydrogen-bond acceptors (Lipinski definition) is 0. The zero-order chi connectivity index (χ0) is 20.6. The molecule has 4 aromatic rings. The first-order chi connectivity index (χ1) is 14.3. The van der Waals surface area contributed by atoms with Crippen LogP contribution in [0.5, 0.6) is 0 Å². The van der Waals surface area contributed by atoms with Gasteiger partial charge in [0.1, 0.15) is 0 Å². The van der Waals surface area contributed by atoms with Crippen molar-refractivity contribution in [3.8, 4) is 0 Å². The molecule has 0 aliphatic heterocycles. The predicted molar refractivity (Wildman–Crippen MR) is 154 cm³/mol. The Bertz CT molecular complexity index is 748. The minimum absolute atomic E-state index is 0. The minimum atomic E-state index is -0.106. The molecule has 0 aliphatic carbocycles. The third-order valence-electron chi connectivity index (χ3n) is 3.67. The summed E-state index contributed by atoms with van der Waals surface area (Å²) in [7, 11) is 11.2. The van der Waals surface area contributed by atoms with Gasteiger partial charge in [0.25, 0.3) is 0 Å². The van der Waals surface area contributed by atoms with Gasteiger partial charge in [-0.05, 0) is 21.2 Å². The Kier molecular flexibility index (Phi) is 23.6. The van der Waals surface area contributed by atoms with E-state index in [2.05, 4.69) is 121 Å². The second kappa shape index (κ2) is 22.4. The van der Waals surface area contributed by atoms with Crippen LogP contribution in [0.2, 0.25) is 0 Å². The molecule has 0 spiro atoms. The molecule has 32 heavy (non-hydrogen) atoms. The number of hydrogen-bond donors (Lipinski definition) is 0. The van der Waals surface area contributed by atoms with E-state index in [1.54, 1.807) is 0 Å². The second-order valence-electron chi connectivity index (χ2n) is 5.76. The Hall–Kier alpha value is -0.438. The molecule has 0 unspecified atom stereocenters. The Morgan fingerprint density at radius 1 is 0.406 bits per heavy atom. The van der Waals surface area contributed by atoms with Gasteiger partial charge in [0.05, 0.1) is 0 Å². The second-order valence-corrected chi connectivity index (χ2v) is 10.9. The summed E-state index contributed by atoms with van der Waals surface area (Å²) in [6.45, 7) is 0. The minimum Gasteiger partial charge on any atom is -0.0622 e. The molecule has 0 fully saturated rings. The molecule has 0 saturated carbocycles. The molecular weight excluding hydrogens is 610 g/mol. The van der Waals surface area contributed by atoms with Gasteiger partial charge in [-0.2, -0.15) is 0 Å². The van der Waals surface area contributed by atoms with Gasteiger partial charge in [-0.3, -0.25) is 0 Å². The van der Waals surface area contributed by atoms with Gasteiger partial charge >= 0.3 is 35.0 Å². The Labute approximate surface area is 225 Å². The van der Waals surface area contributed by atoms with Gasteiger partial charge in [-0.15, -0.1) is 24.8 Å². The molecule has 4 aromatic carbocycles. The summed E-state index contributed by atoms with van der Waals surface area (Å²) in [5, 5.41) is 5.59. The summed E-state index contributed by atoms with van der Waals surface area (Å²) in [6.07, 6.45) is 0. The maximum Gasteiger partial charge on any atom is -0.0226 e. The van der Waals surface area contributed by atoms with Crippen LogP contribution in [0.4, 0.5) is 0 Å². The van der Waals surface area contributed by atoms with Crippen LogP contribution >= 0.6 is 61.0 Å². The summed E-state index contributed by atoms with van der Waals surface area (Å²) in [6, 6.07) is 42.3. The largest absolute Gasteiger partial charge is 0.0622 e. The summed E-state index contributed by atoms with van der Waals surface area (Å²) < 4.78 is 0. The van der Waals surface area contributed by atoms with E-state index in [-0.39, 0.29) is 48.2 Å². The van der Waals surface area contributed by atoms with Crippen molar-refractivity contribution in [2.75, 3.05) is 0 Å². The van der Waals surface area contributed by atoms with Crippen LogP contribution in [0.1, 0.15) is 7.43 Å². The van der Waals surface area contributed by atoms with Gasteiger partial charge in [0, 0.05) is 0 Å². The summed E-state index contributed by atoms with van der Waals surface area (Å²) >= 11 is -0.106. The van der Waals surface area contributed by atoms with Crippen LogP contribution in [0.15, 0.2) is 121 Å². The fourth-order valence-corrected chi connectivity index (χ4v) is 4.52. The van der Waals surface area contributed by atoms with Crippen molar-refractivity contribution in [3.63, 3.8) is 0 Å². The van der Waals surface area contributed by atoms with Crippen LogP contribution in [0.25, 0.3) is 0 Å². The summed E-state index contributed by atoms with van der Waals surface area (Å²) in [4.78, 5) is 0. The van der Waals surface area contributed by atoms with Crippen molar-refractivity contribution >= 4 is 82.3 Å². The Morgan fingerprint density at radius 2 is 0.562 bits per heavy atom. The number of halogens is 4. The third kappa shape index (κ3) is 15.4. The Balaban J connectivity index is 0. The van der Waals surface area contributed by atoms with E-state index in [9.17, 15) is 0 Å². The average Bonchev–Trinajstić information content (AvgIpc) is 2.78. The fourth-order valence-electron chi connectivity index (χ4n) is 2.42. The maximum atomic E-state index is 4.81. The van der Waals surface area contributed by atoms with Gasteiger partial charge in [-0.1, -0.05) is 146 Å². The van der Waals surface area contributed by atoms with E-state index in [4.69, 9.17) is 19.1 Å². The van der Waals surface area contributed by atoms with E-state index >= 15 is 0 Å². The molecule has 0 aromatic heterocycles. The summed E-state index contributed by atoms with van der Waals surface area (Å²) in [5.74, 6) is 0. The maximum absolute atomic E-state index is 4.81. The van der Waals surface area contributed by atoms with Crippen molar-refractivity contribution in [1.82, 2.24) is 0 Å². The molecule has 0 bridgehead atoms. The smallest absolute Gasteiger partial charge is 0.0226 e. The normalized spacial score (nSPS) is 8.69. The molecule has 0 radical (unpaired) electrons. The van der Waals surface area contributed by atoms with E-state index < -0.39 is 0 Å². The molecule has 0 atom stereocenters. The molecule has 0 aliphatic rings. The van der Waals surface area contributed by atoms with Gasteiger partial charge in [-0.25, -0.2) is 0 Å². The van der Waals surface area contributed by atoms with Crippen LogP contribution in [-0.2, 0) is 15.9 Å². The first kappa shape index (κ1) is 33.7. The first-order valence-corrected chi connectivity index (χ1v) is 14.9. The van der Waals surface area contributed by atoms with E-state index in [1.165, 1.54) is 21.2 Å². The molecule has 0 N–H and O–H groups in total. The molecule has 0 saturated heterocycles. The average molecular weight is 639 g/mol. The number of rotatable bonds is 4. The van der Waals surface area contributed by atoms with Crippen LogP contribution in [0.3, 0.4) is 0 Å². The van der Waals surface area contributed by atoms with Crippen LogP contribution in [0, 0.1) is 0 Å². The third-order valence-corrected chi connectivity index (χ3v) is 6.16. The standard InChI is InChI=1S/2C12H11P.CH4.4ClH.Pd/c2*1-3-7-11(8-4-1)13-12-9-5-2-6-10-12;;;;;;/h2*1-10,13H;1H4;4*1H;/q;;;;;;;+2/p-2. The molecule has 7 heteroatoms. The van der Waals surface area contributed by atoms with Crippen LogP contribution in [-0.4, -0.2) is 0 Å². The molecule has 0 amide bonds. The molecular formula is C25H28Cl4P2Pd. The molecule has 4 rings (SSSR count). The fraction of sp³-hybridized carbons (Fsp3) is 0.0400. The van der Waals surface area contributed by atoms with Gasteiger partial charge < -0.3 is 0 Å². The zero-order valence-corrected chi connectivity index (χ0v) is 23.1. The molecule has 176 valence electrons. The van der Waals surface area contributed by atoms with Crippen molar-refractivity contribution < 1.29 is 15.9 Å². The number of benzene rings is 4. The van der Waals surface area contributed by atoms with Crippen LogP contribution < -0.4 is 21.2 Å². The van der Waals surface area contributed by atoms with Gasteiger partial charge in [0.2, 0.25) is 0 Å². The summed E-state index contributed by atoms with van der Waals surface area (Å²) in [5.41, 5.74) is 0. The quantitative estimate of drug-likeness (QED) is 0.161. The van der Waals surface area contributed by atoms with Gasteiger partial charge in [0.15, 0.2) is 0 Å². The van der Waals surface area contributed by atoms with Crippen molar-refractivity contribution in [3.05, 3.63) is 121 Å². The monoisotopic (exact) mass is 636 g/mol. The van der Waals surface area contributed by atoms with Crippen molar-refractivity contribution in [2.24, 2.45) is 0 Å². The van der Waals surface area contributed by atoms with E-state index in [0.29, 0.717) is 0 Å². The van der Waals surface area contributed by atoms with E-state index in [1.807, 2.05) is 0 Å². The van der Waals surface area contributed by atoms with Crippen molar-refractivity contribution in [2.45, 2.75) is 7.43 Å². The van der Waals surface area contributed by atoms with Crippen molar-refractivity contribution in [1.29, 1.82) is 0 Å². The Morgan fingerprint density at radius 3 is 0.719 bits per heavy atom. The zero-order valence-electron chi connectivity index (χ0n) is 16.4. The topological polar surface area (TPSA) is 0 Å². The van der Waals surface area contributed by atoms with E-state index in [0.717, 1.165) is 17.2 Å². The predicted octanol–water partition coefficient (Wildman–Crippen LogP) is 7.49.